The largest absolute Gasteiger partial charge is 0.306 e. The third kappa shape index (κ3) is 2.37. The Hall–Kier alpha value is -1.40. The van der Waals surface area contributed by atoms with E-state index >= 15 is 0 Å². The Bertz CT molecular complexity index is 733. The summed E-state index contributed by atoms with van der Waals surface area (Å²) in [4.78, 5) is 8.91. The van der Waals surface area contributed by atoms with Crippen LogP contribution in [-0.4, -0.2) is 24.3 Å². The average Bonchev–Trinajstić information content (AvgIpc) is 2.94. The van der Waals surface area contributed by atoms with Crippen LogP contribution in [0, 0.1) is 0 Å². The molecule has 5 nitrogen and oxygen atoms in total. The predicted molar refractivity (Wildman–Crippen MR) is 77.1 cm³/mol. The van der Waals surface area contributed by atoms with Gasteiger partial charge in [-0.1, -0.05) is 0 Å². The minimum absolute atomic E-state index is 0.348. The molecule has 0 N–H and O–H groups in total. The molecule has 0 saturated heterocycles. The van der Waals surface area contributed by atoms with E-state index in [1.807, 2.05) is 29.9 Å². The smallest absolute Gasteiger partial charge is 0.160 e. The highest BCUT2D eigenvalue weighted by Gasteiger charge is 2.12. The molecule has 0 aliphatic heterocycles. The molecule has 7 heteroatoms. The molecular weight excluding hydrogens is 330 g/mol. The number of fused-ring (bicyclic) bond motifs is 1. The van der Waals surface area contributed by atoms with E-state index in [0.29, 0.717) is 12.4 Å². The number of aryl methyl sites for hydroxylation is 1. The highest BCUT2D eigenvalue weighted by molar-refractivity contribution is 9.10. The van der Waals surface area contributed by atoms with E-state index in [-0.39, 0.29) is 0 Å². The van der Waals surface area contributed by atoms with Gasteiger partial charge in [0.15, 0.2) is 5.65 Å². The maximum absolute atomic E-state index is 5.97. The minimum atomic E-state index is 0.348. The third-order valence-corrected chi connectivity index (χ3v) is 3.51. The monoisotopic (exact) mass is 339 g/mol. The fourth-order valence-corrected chi connectivity index (χ4v) is 2.53. The third-order valence-electron chi connectivity index (χ3n) is 2.84. The maximum atomic E-state index is 5.97. The van der Waals surface area contributed by atoms with Crippen molar-refractivity contribution < 1.29 is 0 Å². The van der Waals surface area contributed by atoms with Crippen LogP contribution in [0.5, 0.6) is 0 Å². The summed E-state index contributed by atoms with van der Waals surface area (Å²) in [7, 11) is 1.90. The minimum Gasteiger partial charge on any atom is -0.306 e. The Labute approximate surface area is 123 Å². The van der Waals surface area contributed by atoms with Crippen LogP contribution in [-0.2, 0) is 19.5 Å². The van der Waals surface area contributed by atoms with Gasteiger partial charge in [-0.05, 0) is 28.1 Å². The van der Waals surface area contributed by atoms with Crippen molar-refractivity contribution >= 4 is 38.7 Å². The van der Waals surface area contributed by atoms with Crippen molar-refractivity contribution in [2.24, 2.45) is 7.05 Å². The van der Waals surface area contributed by atoms with E-state index in [4.69, 9.17) is 11.6 Å². The number of hydrogen-bond acceptors (Lipinski definition) is 3. The molecule has 0 unspecified atom stereocenters. The molecule has 0 spiro atoms. The van der Waals surface area contributed by atoms with Crippen LogP contribution in [0.15, 0.2) is 29.0 Å². The van der Waals surface area contributed by atoms with Gasteiger partial charge in [0.2, 0.25) is 0 Å². The number of alkyl halides is 1. The number of rotatable bonds is 3. The van der Waals surface area contributed by atoms with E-state index < -0.39 is 0 Å². The van der Waals surface area contributed by atoms with E-state index in [0.717, 1.165) is 27.2 Å². The van der Waals surface area contributed by atoms with Crippen LogP contribution in [0.4, 0.5) is 0 Å². The van der Waals surface area contributed by atoms with Crippen molar-refractivity contribution in [1.29, 1.82) is 0 Å². The summed E-state index contributed by atoms with van der Waals surface area (Å²) in [5.74, 6) is 1.15. The number of nitrogens with zero attached hydrogens (tertiary/aromatic N) is 5. The molecule has 0 bridgehead atoms. The highest BCUT2D eigenvalue weighted by atomic mass is 79.9. The average molecular weight is 341 g/mol. The molecule has 0 aromatic carbocycles. The van der Waals surface area contributed by atoms with Crippen LogP contribution >= 0.6 is 27.5 Å². The molecule has 3 heterocycles. The zero-order chi connectivity index (χ0) is 13.4. The molecule has 3 aromatic heterocycles. The molecule has 0 amide bonds. The molecule has 0 saturated carbocycles. The molecule has 19 heavy (non-hydrogen) atoms. The first-order valence-corrected chi connectivity index (χ1v) is 7.05. The maximum Gasteiger partial charge on any atom is 0.160 e. The first-order valence-electron chi connectivity index (χ1n) is 5.72. The summed E-state index contributed by atoms with van der Waals surface area (Å²) in [6.45, 7) is 0.619. The van der Waals surface area contributed by atoms with Crippen LogP contribution in [0.25, 0.3) is 11.2 Å². The van der Waals surface area contributed by atoms with Crippen molar-refractivity contribution in [1.82, 2.24) is 24.3 Å². The van der Waals surface area contributed by atoms with E-state index in [2.05, 4.69) is 31.0 Å². The molecule has 3 aromatic rings. The molecule has 3 rings (SSSR count). The summed E-state index contributed by atoms with van der Waals surface area (Å²) in [5.41, 5.74) is 2.61. The molecular formula is C12H11BrClN5. The van der Waals surface area contributed by atoms with Gasteiger partial charge in [0.25, 0.3) is 0 Å². The second kappa shape index (κ2) is 4.94. The second-order valence-electron chi connectivity index (χ2n) is 4.22. The van der Waals surface area contributed by atoms with Crippen LogP contribution in [0.1, 0.15) is 11.5 Å². The quantitative estimate of drug-likeness (QED) is 0.689. The molecule has 98 valence electrons. The summed E-state index contributed by atoms with van der Waals surface area (Å²) in [6, 6.07) is 3.91. The van der Waals surface area contributed by atoms with Crippen LogP contribution in [0.2, 0.25) is 0 Å². The van der Waals surface area contributed by atoms with Gasteiger partial charge in [0, 0.05) is 23.9 Å². The van der Waals surface area contributed by atoms with Gasteiger partial charge < -0.3 is 4.57 Å². The summed E-state index contributed by atoms with van der Waals surface area (Å²) in [5, 5.41) is 4.37. The van der Waals surface area contributed by atoms with Gasteiger partial charge >= 0.3 is 0 Å². The van der Waals surface area contributed by atoms with Crippen molar-refractivity contribution in [2.75, 3.05) is 0 Å². The molecule has 0 radical (unpaired) electrons. The number of aromatic nitrogens is 5. The normalized spacial score (nSPS) is 11.3. The summed E-state index contributed by atoms with van der Waals surface area (Å²) in [6.07, 6.45) is 3.68. The second-order valence-corrected chi connectivity index (χ2v) is 5.41. The van der Waals surface area contributed by atoms with E-state index in [1.165, 1.54) is 0 Å². The van der Waals surface area contributed by atoms with Crippen LogP contribution in [0.3, 0.4) is 0 Å². The number of halogens is 2. The molecule has 0 aliphatic rings. The van der Waals surface area contributed by atoms with Crippen molar-refractivity contribution in [2.45, 2.75) is 12.4 Å². The van der Waals surface area contributed by atoms with Gasteiger partial charge in [-0.25, -0.2) is 9.97 Å². The lowest BCUT2D eigenvalue weighted by atomic mass is 10.4. The first kappa shape index (κ1) is 12.6. The zero-order valence-corrected chi connectivity index (χ0v) is 12.6. The first-order chi connectivity index (χ1) is 9.17. The van der Waals surface area contributed by atoms with Gasteiger partial charge in [0.1, 0.15) is 11.3 Å². The fourth-order valence-electron chi connectivity index (χ4n) is 2.01. The summed E-state index contributed by atoms with van der Waals surface area (Å²) >= 11 is 9.36. The Morgan fingerprint density at radius 2 is 2.26 bits per heavy atom. The van der Waals surface area contributed by atoms with Crippen LogP contribution < -0.4 is 0 Å². The predicted octanol–water partition coefficient (Wildman–Crippen LogP) is 2.71. The number of pyridine rings is 1. The Balaban J connectivity index is 2.10. The zero-order valence-electron chi connectivity index (χ0n) is 10.2. The molecule has 0 aliphatic carbocycles. The molecule has 0 fully saturated rings. The number of imidazole rings is 1. The Kier molecular flexibility index (Phi) is 3.28. The highest BCUT2D eigenvalue weighted by Crippen LogP contribution is 2.20. The lowest BCUT2D eigenvalue weighted by Crippen LogP contribution is -2.05. The fraction of sp³-hybridized carbons (Fsp3) is 0.250. The van der Waals surface area contributed by atoms with E-state index in [1.54, 1.807) is 10.9 Å². The Morgan fingerprint density at radius 3 is 2.95 bits per heavy atom. The Morgan fingerprint density at radius 1 is 1.42 bits per heavy atom. The number of hydrogen-bond donors (Lipinski definition) is 0. The van der Waals surface area contributed by atoms with Crippen molar-refractivity contribution in [3.8, 4) is 0 Å². The lowest BCUT2D eigenvalue weighted by Gasteiger charge is -2.04. The van der Waals surface area contributed by atoms with Crippen molar-refractivity contribution in [3.05, 3.63) is 40.5 Å². The van der Waals surface area contributed by atoms with Gasteiger partial charge in [-0.15, -0.1) is 11.6 Å². The van der Waals surface area contributed by atoms with Gasteiger partial charge in [-0.3, -0.25) is 4.68 Å². The SMILES string of the molecule is Cn1ccc(Cn2c(CCl)nc3cc(Br)cnc32)n1. The van der Waals surface area contributed by atoms with E-state index in [9.17, 15) is 0 Å². The molecule has 0 atom stereocenters. The standard InChI is InChI=1S/C12H11BrClN5/c1-18-3-2-9(17-18)7-19-11(5-14)16-10-4-8(13)6-15-12(10)19/h2-4,6H,5,7H2,1H3. The summed E-state index contributed by atoms with van der Waals surface area (Å²) < 4.78 is 4.68. The van der Waals surface area contributed by atoms with Crippen molar-refractivity contribution in [3.63, 3.8) is 0 Å². The topological polar surface area (TPSA) is 48.5 Å². The lowest BCUT2D eigenvalue weighted by molar-refractivity contribution is 0.698. The van der Waals surface area contributed by atoms with Gasteiger partial charge in [0.05, 0.1) is 18.1 Å². The van der Waals surface area contributed by atoms with Gasteiger partial charge in [-0.2, -0.15) is 5.10 Å².